The zero-order chi connectivity index (χ0) is 14.7. The summed E-state index contributed by atoms with van der Waals surface area (Å²) in [4.78, 5) is 18.0. The molecule has 0 saturated heterocycles. The average Bonchev–Trinajstić information content (AvgIpc) is 2.75. The van der Waals surface area contributed by atoms with Gasteiger partial charge in [-0.25, -0.2) is 13.8 Å². The van der Waals surface area contributed by atoms with E-state index in [2.05, 4.69) is 10.3 Å². The Morgan fingerprint density at radius 2 is 2.15 bits per heavy atom. The van der Waals surface area contributed by atoms with Crippen LogP contribution in [0.4, 0.5) is 13.9 Å². The second kappa shape index (κ2) is 6.06. The molecular weight excluding hydrogens is 284 g/mol. The fourth-order valence-corrected chi connectivity index (χ4v) is 2.30. The summed E-state index contributed by atoms with van der Waals surface area (Å²) in [7, 11) is 3.82. The van der Waals surface area contributed by atoms with Crippen LogP contribution in [0.2, 0.25) is 0 Å². The Hall–Kier alpha value is -1.86. The van der Waals surface area contributed by atoms with Crippen LogP contribution in [0.25, 0.3) is 0 Å². The van der Waals surface area contributed by atoms with Crippen LogP contribution >= 0.6 is 11.3 Å². The maximum atomic E-state index is 13.5. The number of nitrogens with zero attached hydrogens (tertiary/aromatic N) is 2. The van der Waals surface area contributed by atoms with Crippen molar-refractivity contribution in [3.8, 4) is 0 Å². The number of hydrogen-bond donors (Lipinski definition) is 1. The van der Waals surface area contributed by atoms with E-state index in [0.29, 0.717) is 17.7 Å². The lowest BCUT2D eigenvalue weighted by Crippen LogP contribution is -2.14. The Labute approximate surface area is 119 Å². The normalized spacial score (nSPS) is 10.8. The zero-order valence-electron chi connectivity index (χ0n) is 11.0. The number of thiazole rings is 1. The second-order valence-electron chi connectivity index (χ2n) is 4.46. The van der Waals surface area contributed by atoms with Crippen LogP contribution < -0.4 is 5.32 Å². The molecule has 0 radical (unpaired) electrons. The van der Waals surface area contributed by atoms with Crippen molar-refractivity contribution in [3.63, 3.8) is 0 Å². The lowest BCUT2D eigenvalue weighted by molar-refractivity contribution is 0.102. The van der Waals surface area contributed by atoms with Gasteiger partial charge in [-0.15, -0.1) is 11.3 Å². The first-order chi connectivity index (χ1) is 9.45. The summed E-state index contributed by atoms with van der Waals surface area (Å²) in [6.45, 7) is 0.650. The van der Waals surface area contributed by atoms with Crippen molar-refractivity contribution in [3.05, 3.63) is 46.5 Å². The van der Waals surface area contributed by atoms with Gasteiger partial charge in [0, 0.05) is 18.0 Å². The third-order valence-corrected chi connectivity index (χ3v) is 3.23. The number of rotatable bonds is 4. The van der Waals surface area contributed by atoms with Gasteiger partial charge in [0.2, 0.25) is 0 Å². The zero-order valence-corrected chi connectivity index (χ0v) is 11.8. The first-order valence-corrected chi connectivity index (χ1v) is 6.69. The summed E-state index contributed by atoms with van der Waals surface area (Å²) in [5.74, 6) is -2.26. The minimum absolute atomic E-state index is 0.212. The van der Waals surface area contributed by atoms with Gasteiger partial charge in [0.05, 0.1) is 11.3 Å². The molecule has 0 spiro atoms. The van der Waals surface area contributed by atoms with E-state index < -0.39 is 17.5 Å². The van der Waals surface area contributed by atoms with Gasteiger partial charge in [0.1, 0.15) is 11.6 Å². The molecule has 1 heterocycles. The Kier molecular flexibility index (Phi) is 4.41. The fraction of sp³-hybridized carbons (Fsp3) is 0.231. The van der Waals surface area contributed by atoms with E-state index in [1.807, 2.05) is 24.4 Å². The number of anilines is 1. The van der Waals surface area contributed by atoms with Crippen molar-refractivity contribution < 1.29 is 13.6 Å². The SMILES string of the molecule is CN(C)Cc1csc(NC(=O)c2ccc(F)cc2F)n1. The minimum Gasteiger partial charge on any atom is -0.304 e. The summed E-state index contributed by atoms with van der Waals surface area (Å²) >= 11 is 1.26. The van der Waals surface area contributed by atoms with Gasteiger partial charge in [-0.2, -0.15) is 0 Å². The number of amides is 1. The van der Waals surface area contributed by atoms with E-state index in [4.69, 9.17) is 0 Å². The predicted octanol–water partition coefficient (Wildman–Crippen LogP) is 2.74. The third kappa shape index (κ3) is 3.58. The van der Waals surface area contributed by atoms with E-state index >= 15 is 0 Å². The number of aromatic nitrogens is 1. The molecule has 0 saturated carbocycles. The highest BCUT2D eigenvalue weighted by molar-refractivity contribution is 7.13. The van der Waals surface area contributed by atoms with E-state index in [0.717, 1.165) is 17.8 Å². The molecule has 20 heavy (non-hydrogen) atoms. The van der Waals surface area contributed by atoms with Gasteiger partial charge in [-0.1, -0.05) is 0 Å². The van der Waals surface area contributed by atoms with Gasteiger partial charge in [-0.3, -0.25) is 10.1 Å². The lowest BCUT2D eigenvalue weighted by Gasteiger charge is -2.05. The van der Waals surface area contributed by atoms with Crippen molar-refractivity contribution in [1.82, 2.24) is 9.88 Å². The molecule has 7 heteroatoms. The van der Waals surface area contributed by atoms with Gasteiger partial charge in [-0.05, 0) is 26.2 Å². The number of carbonyl (C=O) groups excluding carboxylic acids is 1. The maximum Gasteiger partial charge on any atom is 0.260 e. The standard InChI is InChI=1S/C13H13F2N3OS/c1-18(2)6-9-7-20-13(16-9)17-12(19)10-4-3-8(14)5-11(10)15/h3-5,7H,6H2,1-2H3,(H,16,17,19). The lowest BCUT2D eigenvalue weighted by atomic mass is 10.2. The highest BCUT2D eigenvalue weighted by Gasteiger charge is 2.14. The van der Waals surface area contributed by atoms with Gasteiger partial charge >= 0.3 is 0 Å². The molecule has 0 atom stereocenters. The van der Waals surface area contributed by atoms with Crippen LogP contribution in [0.5, 0.6) is 0 Å². The van der Waals surface area contributed by atoms with Crippen LogP contribution in [-0.2, 0) is 6.54 Å². The van der Waals surface area contributed by atoms with Crippen LogP contribution in [0.3, 0.4) is 0 Å². The summed E-state index contributed by atoms with van der Waals surface area (Å²) in [5, 5.41) is 4.70. The van der Waals surface area contributed by atoms with E-state index in [9.17, 15) is 13.6 Å². The number of benzene rings is 1. The molecule has 1 N–H and O–H groups in total. The monoisotopic (exact) mass is 297 g/mol. The Morgan fingerprint density at radius 1 is 1.40 bits per heavy atom. The fourth-order valence-electron chi connectivity index (χ4n) is 1.60. The smallest absolute Gasteiger partial charge is 0.260 e. The van der Waals surface area contributed by atoms with Crippen molar-refractivity contribution in [2.45, 2.75) is 6.54 Å². The molecular formula is C13H13F2N3OS. The largest absolute Gasteiger partial charge is 0.304 e. The number of carbonyl (C=O) groups is 1. The Morgan fingerprint density at radius 3 is 2.80 bits per heavy atom. The van der Waals surface area contributed by atoms with Crippen molar-refractivity contribution in [2.24, 2.45) is 0 Å². The summed E-state index contributed by atoms with van der Waals surface area (Å²) in [6, 6.07) is 2.82. The molecule has 2 aromatic rings. The van der Waals surface area contributed by atoms with Gasteiger partial charge in [0.15, 0.2) is 5.13 Å². The summed E-state index contributed by atoms with van der Waals surface area (Å²) in [5.41, 5.74) is 0.602. The Bertz CT molecular complexity index is 628. The van der Waals surface area contributed by atoms with Crippen molar-refractivity contribution in [2.75, 3.05) is 19.4 Å². The number of halogens is 2. The van der Waals surface area contributed by atoms with Crippen LogP contribution in [0.15, 0.2) is 23.6 Å². The molecule has 0 fully saturated rings. The van der Waals surface area contributed by atoms with E-state index in [1.165, 1.54) is 11.3 Å². The van der Waals surface area contributed by atoms with E-state index in [-0.39, 0.29) is 5.56 Å². The highest BCUT2D eigenvalue weighted by atomic mass is 32.1. The molecule has 0 aliphatic rings. The quantitative estimate of drug-likeness (QED) is 0.944. The minimum atomic E-state index is -0.896. The van der Waals surface area contributed by atoms with Gasteiger partial charge in [0.25, 0.3) is 5.91 Å². The first kappa shape index (κ1) is 14.5. The van der Waals surface area contributed by atoms with Crippen LogP contribution in [0, 0.1) is 11.6 Å². The van der Waals surface area contributed by atoms with Crippen molar-refractivity contribution >= 4 is 22.4 Å². The molecule has 106 valence electrons. The molecule has 0 aliphatic heterocycles. The second-order valence-corrected chi connectivity index (χ2v) is 5.32. The maximum absolute atomic E-state index is 13.5. The van der Waals surface area contributed by atoms with E-state index in [1.54, 1.807) is 0 Å². The molecule has 0 bridgehead atoms. The Balaban J connectivity index is 2.09. The molecule has 0 aliphatic carbocycles. The third-order valence-electron chi connectivity index (χ3n) is 2.43. The molecule has 2 rings (SSSR count). The molecule has 1 aromatic carbocycles. The summed E-state index contributed by atoms with van der Waals surface area (Å²) in [6.07, 6.45) is 0. The predicted molar refractivity (Wildman–Crippen MR) is 73.8 cm³/mol. The van der Waals surface area contributed by atoms with Crippen LogP contribution in [0.1, 0.15) is 16.1 Å². The molecule has 1 amide bonds. The van der Waals surface area contributed by atoms with Crippen molar-refractivity contribution in [1.29, 1.82) is 0 Å². The highest BCUT2D eigenvalue weighted by Crippen LogP contribution is 2.18. The first-order valence-electron chi connectivity index (χ1n) is 5.81. The van der Waals surface area contributed by atoms with Crippen LogP contribution in [-0.4, -0.2) is 29.9 Å². The topological polar surface area (TPSA) is 45.2 Å². The summed E-state index contributed by atoms with van der Waals surface area (Å²) < 4.78 is 26.2. The molecule has 0 unspecified atom stereocenters. The molecule has 1 aromatic heterocycles. The average molecular weight is 297 g/mol. The molecule has 4 nitrogen and oxygen atoms in total. The number of nitrogens with one attached hydrogen (secondary N) is 1. The van der Waals surface area contributed by atoms with Gasteiger partial charge < -0.3 is 4.90 Å². The number of hydrogen-bond acceptors (Lipinski definition) is 4.